The molecule has 4 nitrogen and oxygen atoms in total. The third-order valence-corrected chi connectivity index (χ3v) is 11.2. The van der Waals surface area contributed by atoms with Gasteiger partial charge in [-0.3, -0.25) is 4.57 Å². The highest BCUT2D eigenvalue weighted by Crippen LogP contribution is 2.41. The fourth-order valence-electron chi connectivity index (χ4n) is 8.91. The average Bonchev–Trinajstić information content (AvgIpc) is 3.96. The van der Waals surface area contributed by atoms with Crippen molar-refractivity contribution in [2.24, 2.45) is 0 Å². The fourth-order valence-corrected chi connectivity index (χ4v) is 8.91. The molecule has 0 atom stereocenters. The second-order valence-electron chi connectivity index (χ2n) is 14.2. The summed E-state index contributed by atoms with van der Waals surface area (Å²) in [5, 5.41) is 8.44. The Bertz CT molecular complexity index is 3450. The molecule has 0 aliphatic carbocycles. The summed E-state index contributed by atoms with van der Waals surface area (Å²) in [4.78, 5) is 0. The van der Waals surface area contributed by atoms with Crippen LogP contribution in [0.4, 0.5) is 0 Å². The first kappa shape index (κ1) is 29.3. The van der Waals surface area contributed by atoms with Crippen molar-refractivity contribution < 1.29 is 4.42 Å². The number of benzene rings is 8. The van der Waals surface area contributed by atoms with E-state index in [1.807, 2.05) is 6.07 Å². The van der Waals surface area contributed by atoms with Gasteiger partial charge in [-0.05, 0) is 90.0 Å². The van der Waals surface area contributed by atoms with Crippen LogP contribution >= 0.6 is 0 Å². The van der Waals surface area contributed by atoms with Crippen molar-refractivity contribution in [3.63, 3.8) is 0 Å². The lowest BCUT2D eigenvalue weighted by Crippen LogP contribution is -1.95. The minimum atomic E-state index is 0.872. The molecule has 0 spiro atoms. The maximum Gasteiger partial charge on any atom is 0.213 e. The Morgan fingerprint density at radius 1 is 0.296 bits per heavy atom. The molecule has 8 aromatic carbocycles. The topological polar surface area (TPSA) is 27.9 Å². The quantitative estimate of drug-likeness (QED) is 0.181. The Kier molecular flexibility index (Phi) is 6.02. The summed E-state index contributed by atoms with van der Waals surface area (Å²) in [7, 11) is 0. The summed E-state index contributed by atoms with van der Waals surface area (Å²) in [5.74, 6) is 0. The third-order valence-electron chi connectivity index (χ3n) is 11.2. The first-order valence-corrected chi connectivity index (χ1v) is 18.4. The molecule has 0 bridgehead atoms. The van der Waals surface area contributed by atoms with Crippen molar-refractivity contribution in [2.45, 2.75) is 0 Å². The highest BCUT2D eigenvalue weighted by Gasteiger charge is 2.20. The largest absolute Gasteiger partial charge is 0.439 e. The number of para-hydroxylation sites is 5. The van der Waals surface area contributed by atoms with Gasteiger partial charge in [0.05, 0.1) is 33.0 Å². The van der Waals surface area contributed by atoms with Crippen LogP contribution in [0.25, 0.3) is 105 Å². The summed E-state index contributed by atoms with van der Waals surface area (Å²) in [6.07, 6.45) is 0. The number of furan rings is 1. The van der Waals surface area contributed by atoms with Gasteiger partial charge in [-0.25, -0.2) is 0 Å². The van der Waals surface area contributed by atoms with Gasteiger partial charge in [-0.1, -0.05) is 109 Å². The van der Waals surface area contributed by atoms with E-state index >= 15 is 0 Å². The van der Waals surface area contributed by atoms with Crippen molar-refractivity contribution >= 4 is 76.6 Å². The summed E-state index contributed by atoms with van der Waals surface area (Å²) in [6.45, 7) is 0. The monoisotopic (exact) mass is 689 g/mol. The third kappa shape index (κ3) is 4.08. The highest BCUT2D eigenvalue weighted by molar-refractivity contribution is 6.20. The lowest BCUT2D eigenvalue weighted by molar-refractivity contribution is 0.645. The zero-order chi connectivity index (χ0) is 35.3. The van der Waals surface area contributed by atoms with E-state index in [1.165, 1.54) is 54.6 Å². The molecule has 0 N–H and O–H groups in total. The molecule has 0 fully saturated rings. The van der Waals surface area contributed by atoms with Crippen LogP contribution in [0.3, 0.4) is 0 Å². The zero-order valence-electron chi connectivity index (χ0n) is 29.1. The molecule has 12 aromatic rings. The first-order valence-electron chi connectivity index (χ1n) is 18.4. The molecule has 0 saturated carbocycles. The van der Waals surface area contributed by atoms with E-state index in [4.69, 9.17) is 4.42 Å². The molecule has 0 aliphatic rings. The lowest BCUT2D eigenvalue weighted by Gasteiger charge is -2.11. The molecule has 12 rings (SSSR count). The van der Waals surface area contributed by atoms with Crippen molar-refractivity contribution in [1.82, 2.24) is 13.7 Å². The number of hydrogen-bond acceptors (Lipinski definition) is 1. The maximum absolute atomic E-state index is 6.55. The molecule has 4 heterocycles. The van der Waals surface area contributed by atoms with Gasteiger partial charge in [0.15, 0.2) is 0 Å². The van der Waals surface area contributed by atoms with Gasteiger partial charge in [-0.15, -0.1) is 0 Å². The molecule has 0 unspecified atom stereocenters. The molecular weight excluding hydrogens is 659 g/mol. The molecular formula is C50H31N3O. The van der Waals surface area contributed by atoms with E-state index in [2.05, 4.69) is 196 Å². The van der Waals surface area contributed by atoms with Crippen LogP contribution in [0, 0.1) is 0 Å². The van der Waals surface area contributed by atoms with Crippen molar-refractivity contribution in [3.8, 4) is 28.2 Å². The normalized spacial score (nSPS) is 12.1. The van der Waals surface area contributed by atoms with E-state index in [1.54, 1.807) is 0 Å². The van der Waals surface area contributed by atoms with Gasteiger partial charge in [0.25, 0.3) is 0 Å². The van der Waals surface area contributed by atoms with Gasteiger partial charge in [0.1, 0.15) is 5.58 Å². The Balaban J connectivity index is 1.03. The molecule has 0 saturated heterocycles. The first-order chi connectivity index (χ1) is 26.8. The molecule has 4 aromatic heterocycles. The molecule has 252 valence electrons. The number of rotatable bonds is 4. The highest BCUT2D eigenvalue weighted by atomic mass is 16.3. The second-order valence-corrected chi connectivity index (χ2v) is 14.2. The van der Waals surface area contributed by atoms with Gasteiger partial charge >= 0.3 is 0 Å². The zero-order valence-corrected chi connectivity index (χ0v) is 29.1. The van der Waals surface area contributed by atoms with E-state index in [9.17, 15) is 0 Å². The summed E-state index contributed by atoms with van der Waals surface area (Å²) < 4.78 is 13.6. The predicted octanol–water partition coefficient (Wildman–Crippen LogP) is 13.4. The maximum atomic E-state index is 6.55. The smallest absolute Gasteiger partial charge is 0.213 e. The van der Waals surface area contributed by atoms with Gasteiger partial charge in [-0.2, -0.15) is 0 Å². The molecule has 4 heteroatoms. The van der Waals surface area contributed by atoms with E-state index in [-0.39, 0.29) is 0 Å². The standard InChI is InChI=1S/C50H31N3O/c1-2-14-34(15-3-1)51-43-21-8-5-18-38(43)42-31-36(26-28-47(42)51)52-44-22-9-4-17-37(44)41-30-33(25-27-46(41)52)32-13-12-16-35(29-32)53-45-23-10-6-19-39(45)49-40-20-7-11-24-48(40)54-50(49)53/h1-31H. The van der Waals surface area contributed by atoms with Gasteiger partial charge in [0, 0.05) is 49.4 Å². The SMILES string of the molecule is c1ccc(-n2c3ccccc3c3cc(-n4c5ccccc5c5cc(-c6cccc(-n7c8ccccc8c8c9ccccc9oc87)c6)ccc54)ccc32)cc1. The lowest BCUT2D eigenvalue weighted by atomic mass is 10.0. The Hall–Kier alpha value is -7.30. The van der Waals surface area contributed by atoms with E-state index in [0.717, 1.165) is 50.2 Å². The van der Waals surface area contributed by atoms with Crippen LogP contribution in [-0.4, -0.2) is 13.7 Å². The van der Waals surface area contributed by atoms with Gasteiger partial charge < -0.3 is 13.6 Å². The Morgan fingerprint density at radius 3 is 1.57 bits per heavy atom. The Labute approximate surface area is 309 Å². The molecule has 0 radical (unpaired) electrons. The average molecular weight is 690 g/mol. The van der Waals surface area contributed by atoms with Crippen LogP contribution in [0.5, 0.6) is 0 Å². The minimum absolute atomic E-state index is 0.872. The summed E-state index contributed by atoms with van der Waals surface area (Å²) in [6, 6.07) is 67.7. The van der Waals surface area contributed by atoms with Crippen molar-refractivity contribution in [3.05, 3.63) is 188 Å². The number of hydrogen-bond donors (Lipinski definition) is 0. The van der Waals surface area contributed by atoms with Gasteiger partial charge in [0.2, 0.25) is 5.71 Å². The molecule has 0 amide bonds. The summed E-state index contributed by atoms with van der Waals surface area (Å²) >= 11 is 0. The minimum Gasteiger partial charge on any atom is -0.439 e. The predicted molar refractivity (Wildman–Crippen MR) is 225 cm³/mol. The van der Waals surface area contributed by atoms with Crippen molar-refractivity contribution in [2.75, 3.05) is 0 Å². The molecule has 54 heavy (non-hydrogen) atoms. The van der Waals surface area contributed by atoms with Crippen LogP contribution in [0.15, 0.2) is 192 Å². The van der Waals surface area contributed by atoms with Crippen LogP contribution < -0.4 is 0 Å². The van der Waals surface area contributed by atoms with Crippen LogP contribution in [0.2, 0.25) is 0 Å². The number of nitrogens with zero attached hydrogens (tertiary/aromatic N) is 3. The molecule has 0 aliphatic heterocycles. The second kappa shape index (κ2) is 11.1. The van der Waals surface area contributed by atoms with Crippen LogP contribution in [-0.2, 0) is 0 Å². The van der Waals surface area contributed by atoms with Crippen LogP contribution in [0.1, 0.15) is 0 Å². The number of fused-ring (bicyclic) bond motifs is 11. The Morgan fingerprint density at radius 2 is 0.815 bits per heavy atom. The van der Waals surface area contributed by atoms with E-state index < -0.39 is 0 Å². The fraction of sp³-hybridized carbons (Fsp3) is 0. The number of aromatic nitrogens is 3. The van der Waals surface area contributed by atoms with E-state index in [0.29, 0.717) is 0 Å². The van der Waals surface area contributed by atoms with Crippen molar-refractivity contribution in [1.29, 1.82) is 0 Å². The summed E-state index contributed by atoms with van der Waals surface area (Å²) in [5.41, 5.74) is 13.4.